The van der Waals surface area contributed by atoms with Crippen LogP contribution in [0.15, 0.2) is 53.7 Å². The first kappa shape index (κ1) is 22.7. The van der Waals surface area contributed by atoms with Crippen LogP contribution in [0.5, 0.6) is 17.2 Å². The number of aromatic nitrogens is 2. The van der Waals surface area contributed by atoms with E-state index in [0.29, 0.717) is 18.7 Å². The maximum atomic E-state index is 13.3. The zero-order valence-corrected chi connectivity index (χ0v) is 19.6. The number of benzene rings is 2. The molecule has 4 rings (SSSR count). The number of nitrogens with one attached hydrogen (secondary N) is 1. The normalized spacial score (nSPS) is 14.3. The average Bonchev–Trinajstić information content (AvgIpc) is 3.38. The number of fused-ring (bicyclic) bond motifs is 1. The summed E-state index contributed by atoms with van der Waals surface area (Å²) in [6.07, 6.45) is 4.01. The smallest absolute Gasteiger partial charge is 0.271 e. The number of carbonyl (C=O) groups excluding carboxylic acids is 1. The second-order valence-electron chi connectivity index (χ2n) is 8.29. The number of nitrogens with zero attached hydrogens (tertiary/aromatic N) is 2. The highest BCUT2D eigenvalue weighted by Crippen LogP contribution is 2.44. The largest absolute Gasteiger partial charge is 0.496 e. The predicted molar refractivity (Wildman–Crippen MR) is 120 cm³/mol. The van der Waals surface area contributed by atoms with Gasteiger partial charge in [-0.25, -0.2) is 13.1 Å². The zero-order chi connectivity index (χ0) is 23.8. The molecule has 0 saturated heterocycles. The average molecular weight is 472 g/mol. The topological polar surface area (TPSA) is 109 Å². The van der Waals surface area contributed by atoms with Gasteiger partial charge in [-0.15, -0.1) is 0 Å². The predicted octanol–water partition coefficient (Wildman–Crippen LogP) is 2.78. The molecule has 1 aliphatic heterocycles. The lowest BCUT2D eigenvalue weighted by molar-refractivity contribution is 0.0981. The Labute approximate surface area is 192 Å². The molecule has 0 radical (unpaired) electrons. The first-order valence-electron chi connectivity index (χ1n) is 10.2. The summed E-state index contributed by atoms with van der Waals surface area (Å²) in [7, 11) is -1.45. The number of ether oxygens (including phenoxy) is 3. The number of hydrogen-bond acceptors (Lipinski definition) is 7. The first-order chi connectivity index (χ1) is 15.6. The number of amides is 1. The third kappa shape index (κ3) is 4.51. The van der Waals surface area contributed by atoms with Gasteiger partial charge in [-0.3, -0.25) is 9.48 Å². The number of carbonyl (C=O) groups is 1. The highest BCUT2D eigenvalue weighted by molar-refractivity contribution is 7.90. The van der Waals surface area contributed by atoms with E-state index in [1.807, 2.05) is 20.0 Å². The van der Waals surface area contributed by atoms with Gasteiger partial charge in [-0.1, -0.05) is 12.1 Å². The van der Waals surface area contributed by atoms with E-state index in [0.717, 1.165) is 11.1 Å². The van der Waals surface area contributed by atoms with E-state index in [9.17, 15) is 13.2 Å². The number of methoxy groups -OCH3 is 2. The Morgan fingerprint density at radius 2 is 1.94 bits per heavy atom. The molecule has 10 heteroatoms. The van der Waals surface area contributed by atoms with Crippen LogP contribution < -0.4 is 18.9 Å². The summed E-state index contributed by atoms with van der Waals surface area (Å²) in [4.78, 5) is 12.7. The highest BCUT2D eigenvalue weighted by atomic mass is 32.2. The fourth-order valence-electron chi connectivity index (χ4n) is 3.84. The molecule has 0 aliphatic carbocycles. The summed E-state index contributed by atoms with van der Waals surface area (Å²) < 4.78 is 47.0. The van der Waals surface area contributed by atoms with Crippen molar-refractivity contribution in [3.8, 4) is 17.2 Å². The molecule has 174 valence electrons. The Balaban J connectivity index is 1.64. The molecular weight excluding hydrogens is 446 g/mol. The minimum atomic E-state index is -4.30. The summed E-state index contributed by atoms with van der Waals surface area (Å²) in [6, 6.07) is 9.88. The summed E-state index contributed by atoms with van der Waals surface area (Å²) in [5.74, 6) is -0.0552. The summed E-state index contributed by atoms with van der Waals surface area (Å²) in [5, 5.41) is 4.16. The lowest BCUT2D eigenvalue weighted by atomic mass is 10.0. The van der Waals surface area contributed by atoms with Crippen LogP contribution in [0.1, 0.15) is 35.3 Å². The van der Waals surface area contributed by atoms with Gasteiger partial charge in [0, 0.05) is 29.9 Å². The van der Waals surface area contributed by atoms with Gasteiger partial charge >= 0.3 is 0 Å². The molecule has 1 aromatic heterocycles. The van der Waals surface area contributed by atoms with Crippen LogP contribution in [0.25, 0.3) is 0 Å². The molecule has 9 nitrogen and oxygen atoms in total. The van der Waals surface area contributed by atoms with Crippen LogP contribution in [0.4, 0.5) is 0 Å². The van der Waals surface area contributed by atoms with Crippen molar-refractivity contribution in [1.29, 1.82) is 0 Å². The van der Waals surface area contributed by atoms with Crippen molar-refractivity contribution in [2.75, 3.05) is 14.2 Å². The number of rotatable bonds is 7. The van der Waals surface area contributed by atoms with Crippen molar-refractivity contribution in [3.05, 3.63) is 65.5 Å². The van der Waals surface area contributed by atoms with E-state index >= 15 is 0 Å². The standard InChI is InChI=1S/C23H25N3O6S/c1-23(2)13-16-8-9-18(30-3)21(20(16)32-23)33(28,29)25-22(27)15-6-7-17(19(12-15)31-4)14-26-11-5-10-24-26/h5-12H,13-14H2,1-4H3,(H,25,27). The van der Waals surface area contributed by atoms with Crippen molar-refractivity contribution in [1.82, 2.24) is 14.5 Å². The Morgan fingerprint density at radius 1 is 1.18 bits per heavy atom. The van der Waals surface area contributed by atoms with E-state index in [1.54, 1.807) is 41.2 Å². The Kier molecular flexibility index (Phi) is 5.79. The molecule has 2 heterocycles. The maximum absolute atomic E-state index is 13.3. The van der Waals surface area contributed by atoms with Gasteiger partial charge in [0.1, 0.15) is 22.8 Å². The van der Waals surface area contributed by atoms with E-state index < -0.39 is 21.5 Å². The summed E-state index contributed by atoms with van der Waals surface area (Å²) in [5.41, 5.74) is 1.09. The van der Waals surface area contributed by atoms with Gasteiger partial charge in [0.15, 0.2) is 4.90 Å². The Hall–Kier alpha value is -3.53. The van der Waals surface area contributed by atoms with E-state index in [-0.39, 0.29) is 22.0 Å². The van der Waals surface area contributed by atoms with Gasteiger partial charge in [0.2, 0.25) is 0 Å². The van der Waals surface area contributed by atoms with Crippen LogP contribution in [0.2, 0.25) is 0 Å². The molecular formula is C23H25N3O6S. The lowest BCUT2D eigenvalue weighted by Crippen LogP contribution is -2.31. The van der Waals surface area contributed by atoms with E-state index in [4.69, 9.17) is 14.2 Å². The number of hydrogen-bond donors (Lipinski definition) is 1. The molecule has 0 unspecified atom stereocenters. The molecule has 2 aromatic carbocycles. The molecule has 0 bridgehead atoms. The van der Waals surface area contributed by atoms with Crippen molar-refractivity contribution >= 4 is 15.9 Å². The lowest BCUT2D eigenvalue weighted by Gasteiger charge is -2.19. The van der Waals surface area contributed by atoms with Crippen LogP contribution in [0, 0.1) is 0 Å². The minimum Gasteiger partial charge on any atom is -0.496 e. The molecule has 3 aromatic rings. The molecule has 0 spiro atoms. The summed E-state index contributed by atoms with van der Waals surface area (Å²) >= 11 is 0. The quantitative estimate of drug-likeness (QED) is 0.564. The molecule has 1 aliphatic rings. The van der Waals surface area contributed by atoms with Gasteiger partial charge in [-0.05, 0) is 43.7 Å². The van der Waals surface area contributed by atoms with Gasteiger partial charge in [0.05, 0.1) is 20.8 Å². The fourth-order valence-corrected chi connectivity index (χ4v) is 5.14. The van der Waals surface area contributed by atoms with E-state index in [2.05, 4.69) is 9.82 Å². The summed E-state index contributed by atoms with van der Waals surface area (Å²) in [6.45, 7) is 4.17. The second-order valence-corrected chi connectivity index (χ2v) is 9.91. The van der Waals surface area contributed by atoms with Crippen LogP contribution in [0.3, 0.4) is 0 Å². The SMILES string of the molecule is COc1cc(C(=O)NS(=O)(=O)c2c(OC)ccc3c2OC(C)(C)C3)ccc1Cn1cccn1. The second kappa shape index (κ2) is 8.43. The van der Waals surface area contributed by atoms with Crippen molar-refractivity contribution in [2.24, 2.45) is 0 Å². The third-order valence-electron chi connectivity index (χ3n) is 5.31. The Morgan fingerprint density at radius 3 is 2.61 bits per heavy atom. The van der Waals surface area contributed by atoms with Gasteiger partial charge in [-0.2, -0.15) is 5.10 Å². The zero-order valence-electron chi connectivity index (χ0n) is 18.8. The Bertz CT molecular complexity index is 1300. The fraction of sp³-hybridized carbons (Fsp3) is 0.304. The molecule has 0 fully saturated rings. The molecule has 0 atom stereocenters. The first-order valence-corrected chi connectivity index (χ1v) is 11.7. The van der Waals surface area contributed by atoms with E-state index in [1.165, 1.54) is 20.3 Å². The van der Waals surface area contributed by atoms with Crippen LogP contribution in [-0.2, 0) is 23.0 Å². The van der Waals surface area contributed by atoms with Crippen LogP contribution >= 0.6 is 0 Å². The van der Waals surface area contributed by atoms with Gasteiger partial charge < -0.3 is 14.2 Å². The maximum Gasteiger partial charge on any atom is 0.271 e. The molecule has 33 heavy (non-hydrogen) atoms. The van der Waals surface area contributed by atoms with Crippen molar-refractivity contribution in [2.45, 2.75) is 37.3 Å². The van der Waals surface area contributed by atoms with Crippen molar-refractivity contribution < 1.29 is 27.4 Å². The van der Waals surface area contributed by atoms with Crippen LogP contribution in [-0.4, -0.2) is 43.9 Å². The highest BCUT2D eigenvalue weighted by Gasteiger charge is 2.38. The number of sulfonamides is 1. The monoisotopic (exact) mass is 471 g/mol. The third-order valence-corrected chi connectivity index (χ3v) is 6.69. The molecule has 0 saturated carbocycles. The molecule has 1 amide bonds. The minimum absolute atomic E-state index is 0.0962. The molecule has 1 N–H and O–H groups in total. The van der Waals surface area contributed by atoms with Gasteiger partial charge in [0.25, 0.3) is 15.9 Å². The van der Waals surface area contributed by atoms with Crippen molar-refractivity contribution in [3.63, 3.8) is 0 Å².